The molecule has 0 aliphatic carbocycles. The van der Waals surface area contributed by atoms with Crippen LogP contribution < -0.4 is 0 Å². The molecule has 16 heavy (non-hydrogen) atoms. The van der Waals surface area contributed by atoms with E-state index in [4.69, 9.17) is 20.0 Å². The quantitative estimate of drug-likeness (QED) is 0.591. The molecule has 0 unspecified atom stereocenters. The zero-order chi connectivity index (χ0) is 12.8. The zero-order valence-corrected chi connectivity index (χ0v) is 11.1. The Balaban J connectivity index is 0.000000385. The summed E-state index contributed by atoms with van der Waals surface area (Å²) in [6, 6.07) is 6.62. The number of halogens is 3. The van der Waals surface area contributed by atoms with E-state index in [-0.39, 0.29) is 5.97 Å². The Bertz CT molecular complexity index is 450. The average Bonchev–Trinajstić information content (AvgIpc) is 2.14. The van der Waals surface area contributed by atoms with E-state index in [0.29, 0.717) is 10.6 Å². The summed E-state index contributed by atoms with van der Waals surface area (Å²) in [4.78, 5) is 10.9. The lowest BCUT2D eigenvalue weighted by Crippen LogP contribution is -1.99. The first kappa shape index (κ1) is 15.5. The third-order valence-electron chi connectivity index (χ3n) is 1.25. The van der Waals surface area contributed by atoms with Gasteiger partial charge in [0.2, 0.25) is 0 Å². The van der Waals surface area contributed by atoms with Crippen LogP contribution in [0.2, 0.25) is 5.02 Å². The maximum atomic E-state index is 10.9. The number of carbonyl (C=O) groups is 1. The molecule has 0 saturated carbocycles. The molecule has 1 aromatic carbocycles. The predicted octanol–water partition coefficient (Wildman–Crippen LogP) is 2.84. The Morgan fingerprint density at radius 2 is 1.81 bits per heavy atom. The summed E-state index contributed by atoms with van der Waals surface area (Å²) in [5.74, 6) is -0.368. The molecule has 0 aliphatic heterocycles. The summed E-state index contributed by atoms with van der Waals surface area (Å²) in [7, 11) is 6.15. The van der Waals surface area contributed by atoms with Crippen molar-refractivity contribution in [3.8, 4) is 0 Å². The largest absolute Gasteiger partial charge is 0.465 e. The number of ether oxygens (including phenoxy) is 1. The lowest BCUT2D eigenvalue weighted by atomic mass is 10.2. The fourth-order valence-corrected chi connectivity index (χ4v) is 0.924. The van der Waals surface area contributed by atoms with Crippen molar-refractivity contribution in [2.75, 3.05) is 7.11 Å². The van der Waals surface area contributed by atoms with Gasteiger partial charge in [-0.15, -0.1) is 0 Å². The standard InChI is InChI=1S/C8H7ClO2.Cl2O2S/c1-11-8(10)6-3-2-4-7(9)5-6;1-5(2,3)4/h2-5H,1H3;. The highest BCUT2D eigenvalue weighted by Crippen LogP contribution is 2.10. The van der Waals surface area contributed by atoms with E-state index in [9.17, 15) is 4.79 Å². The van der Waals surface area contributed by atoms with Crippen LogP contribution in [0.1, 0.15) is 10.4 Å². The topological polar surface area (TPSA) is 60.4 Å². The molecule has 90 valence electrons. The normalized spacial score (nSPS) is 10.0. The van der Waals surface area contributed by atoms with Gasteiger partial charge in [0, 0.05) is 26.4 Å². The number of benzene rings is 1. The van der Waals surface area contributed by atoms with Crippen LogP contribution in [0.25, 0.3) is 0 Å². The fourth-order valence-electron chi connectivity index (χ4n) is 0.733. The van der Waals surface area contributed by atoms with E-state index >= 15 is 0 Å². The number of esters is 1. The molecule has 8 heteroatoms. The summed E-state index contributed by atoms with van der Waals surface area (Å²) in [6.07, 6.45) is 0. The molecule has 0 aliphatic rings. The molecule has 0 amide bonds. The minimum absolute atomic E-state index is 0.368. The molecule has 0 fully saturated rings. The van der Waals surface area contributed by atoms with Crippen molar-refractivity contribution in [2.24, 2.45) is 0 Å². The van der Waals surface area contributed by atoms with Crippen molar-refractivity contribution >= 4 is 47.2 Å². The summed E-state index contributed by atoms with van der Waals surface area (Å²) >= 11 is 5.64. The van der Waals surface area contributed by atoms with Crippen molar-refractivity contribution in [1.29, 1.82) is 0 Å². The van der Waals surface area contributed by atoms with Crippen LogP contribution in [0, 0.1) is 0 Å². The van der Waals surface area contributed by atoms with Crippen LogP contribution in [0.4, 0.5) is 0 Å². The van der Waals surface area contributed by atoms with Gasteiger partial charge in [0.15, 0.2) is 0 Å². The van der Waals surface area contributed by atoms with Crippen molar-refractivity contribution in [1.82, 2.24) is 0 Å². The average molecular weight is 306 g/mol. The van der Waals surface area contributed by atoms with E-state index < -0.39 is 8.26 Å². The summed E-state index contributed by atoms with van der Waals surface area (Å²) in [5.41, 5.74) is 0.472. The van der Waals surface area contributed by atoms with Crippen LogP contribution in [0.3, 0.4) is 0 Å². The highest BCUT2D eigenvalue weighted by Gasteiger charge is 2.03. The molecule has 0 bridgehead atoms. The number of hydrogen-bond acceptors (Lipinski definition) is 4. The van der Waals surface area contributed by atoms with Crippen LogP contribution in [-0.4, -0.2) is 21.5 Å². The van der Waals surface area contributed by atoms with Crippen molar-refractivity contribution in [3.05, 3.63) is 34.9 Å². The smallest absolute Gasteiger partial charge is 0.337 e. The molecule has 0 radical (unpaired) electrons. The first-order chi connectivity index (χ1) is 7.24. The zero-order valence-electron chi connectivity index (χ0n) is 7.98. The molecule has 0 spiro atoms. The van der Waals surface area contributed by atoms with E-state index in [1.165, 1.54) is 7.11 Å². The molecule has 4 nitrogen and oxygen atoms in total. The van der Waals surface area contributed by atoms with Crippen molar-refractivity contribution in [3.63, 3.8) is 0 Å². The second-order valence-corrected chi connectivity index (χ2v) is 6.48. The van der Waals surface area contributed by atoms with Crippen LogP contribution in [0.5, 0.6) is 0 Å². The van der Waals surface area contributed by atoms with Crippen molar-refractivity contribution in [2.45, 2.75) is 0 Å². The number of methoxy groups -OCH3 is 1. The Morgan fingerprint density at radius 3 is 2.19 bits per heavy atom. The second kappa shape index (κ2) is 6.96. The summed E-state index contributed by atoms with van der Waals surface area (Å²) in [6.45, 7) is 0. The molecule has 0 heterocycles. The van der Waals surface area contributed by atoms with E-state index in [1.807, 2.05) is 0 Å². The van der Waals surface area contributed by atoms with Gasteiger partial charge in [-0.1, -0.05) is 17.7 Å². The Morgan fingerprint density at radius 1 is 1.31 bits per heavy atom. The second-order valence-electron chi connectivity index (χ2n) is 2.38. The highest BCUT2D eigenvalue weighted by molar-refractivity contribution is 8.31. The van der Waals surface area contributed by atoms with Crippen molar-refractivity contribution < 1.29 is 17.9 Å². The maximum Gasteiger partial charge on any atom is 0.337 e. The van der Waals surface area contributed by atoms with Gasteiger partial charge < -0.3 is 4.74 Å². The molecule has 0 saturated heterocycles. The molecular weight excluding hydrogens is 299 g/mol. The number of carbonyl (C=O) groups excluding carboxylic acids is 1. The Labute approximate surface area is 107 Å². The monoisotopic (exact) mass is 304 g/mol. The Kier molecular flexibility index (Phi) is 6.74. The molecule has 1 rings (SSSR count). The lowest BCUT2D eigenvalue weighted by molar-refractivity contribution is 0.0600. The number of rotatable bonds is 1. The fraction of sp³-hybridized carbons (Fsp3) is 0.125. The lowest BCUT2D eigenvalue weighted by Gasteiger charge is -1.97. The van der Waals surface area contributed by atoms with Gasteiger partial charge in [-0.05, 0) is 18.2 Å². The third kappa shape index (κ3) is 8.79. The SMILES string of the molecule is COC(=O)c1cccc(Cl)c1.O=S(=O)(Cl)Cl. The maximum absolute atomic E-state index is 10.9. The van der Waals surface area contributed by atoms with Gasteiger partial charge in [-0.2, -0.15) is 8.42 Å². The third-order valence-corrected chi connectivity index (χ3v) is 1.48. The summed E-state index contributed by atoms with van der Waals surface area (Å²) in [5, 5.41) is 0.535. The minimum atomic E-state index is -3.72. The minimum Gasteiger partial charge on any atom is -0.465 e. The van der Waals surface area contributed by atoms with Gasteiger partial charge in [0.1, 0.15) is 0 Å². The summed E-state index contributed by atoms with van der Waals surface area (Å²) < 4.78 is 22.8. The first-order valence-electron chi connectivity index (χ1n) is 3.72. The van der Waals surface area contributed by atoms with Gasteiger partial charge >= 0.3 is 14.2 Å². The van der Waals surface area contributed by atoms with Crippen LogP contribution in [0.15, 0.2) is 24.3 Å². The predicted molar refractivity (Wildman–Crippen MR) is 63.4 cm³/mol. The Hall–Kier alpha value is -0.490. The molecule has 1 aromatic rings. The van der Waals surface area contributed by atoms with Gasteiger partial charge in [-0.3, -0.25) is 0 Å². The van der Waals surface area contributed by atoms with E-state index in [1.54, 1.807) is 24.3 Å². The van der Waals surface area contributed by atoms with Gasteiger partial charge in [-0.25, -0.2) is 4.79 Å². The van der Waals surface area contributed by atoms with Gasteiger partial charge in [0.05, 0.1) is 12.7 Å². The van der Waals surface area contributed by atoms with E-state index in [2.05, 4.69) is 26.1 Å². The van der Waals surface area contributed by atoms with Crippen LogP contribution in [-0.2, 0) is 13.0 Å². The molecule has 0 aromatic heterocycles. The highest BCUT2D eigenvalue weighted by atomic mass is 36.0. The van der Waals surface area contributed by atoms with E-state index in [0.717, 1.165) is 0 Å². The van der Waals surface area contributed by atoms with Gasteiger partial charge in [0.25, 0.3) is 0 Å². The first-order valence-corrected chi connectivity index (χ1v) is 7.23. The van der Waals surface area contributed by atoms with Crippen LogP contribution >= 0.6 is 33.0 Å². The molecule has 0 atom stereocenters. The molecule has 0 N–H and O–H groups in total. The number of hydrogen-bond donors (Lipinski definition) is 0. The molecular formula is C8H7Cl3O4S.